The molecule has 2 heterocycles. The second-order valence-electron chi connectivity index (χ2n) is 10.7. The summed E-state index contributed by atoms with van der Waals surface area (Å²) in [4.78, 5) is 22.1. The number of piperidine rings is 1. The van der Waals surface area contributed by atoms with Crippen LogP contribution in [-0.2, 0) is 23.0 Å². The third kappa shape index (κ3) is 9.29. The zero-order chi connectivity index (χ0) is 30.1. The number of rotatable bonds is 11. The van der Waals surface area contributed by atoms with E-state index < -0.39 is 10.0 Å². The fraction of sp³-hybridized carbons (Fsp3) is 0.273. The number of ether oxygens (including phenoxy) is 1. The van der Waals surface area contributed by atoms with Gasteiger partial charge in [-0.15, -0.1) is 0 Å². The van der Waals surface area contributed by atoms with Crippen LogP contribution in [0.3, 0.4) is 0 Å². The van der Waals surface area contributed by atoms with Gasteiger partial charge in [-0.05, 0) is 66.8 Å². The van der Waals surface area contributed by atoms with E-state index in [9.17, 15) is 13.2 Å². The van der Waals surface area contributed by atoms with Crippen molar-refractivity contribution in [2.45, 2.75) is 31.8 Å². The van der Waals surface area contributed by atoms with E-state index in [1.165, 1.54) is 5.56 Å². The normalized spacial score (nSPS) is 14.2. The standard InChI is InChI=1S/C33H37N5O4S/c1-43(40,41)36-29-13-15-31(16-14-29)42-32-17-12-27(24-34-32)25-37-21-19-28(20-22-37)35-33(39)38(30-10-6-3-7-11-30)23-18-26-8-4-2-5-9-26/h2-17,24,28,36H,18-23,25H2,1H3,(H,35,39). The molecule has 0 radical (unpaired) electrons. The SMILES string of the molecule is CS(=O)(=O)Nc1ccc(Oc2ccc(CN3CCC(NC(=O)N(CCc4ccccc4)c4ccccc4)CC3)cn2)cc1. The molecule has 1 aliphatic heterocycles. The summed E-state index contributed by atoms with van der Waals surface area (Å²) in [5.41, 5.74) is 3.66. The molecule has 4 aromatic rings. The number of hydrogen-bond acceptors (Lipinski definition) is 6. The first-order valence-corrected chi connectivity index (χ1v) is 16.3. The lowest BCUT2D eigenvalue weighted by atomic mass is 10.0. The Kier molecular flexibility index (Phi) is 9.91. The first kappa shape index (κ1) is 30.1. The first-order valence-electron chi connectivity index (χ1n) is 14.4. The van der Waals surface area contributed by atoms with Crippen molar-refractivity contribution < 1.29 is 17.9 Å². The Labute approximate surface area is 253 Å². The highest BCUT2D eigenvalue weighted by Gasteiger charge is 2.24. The lowest BCUT2D eigenvalue weighted by molar-refractivity contribution is 0.188. The van der Waals surface area contributed by atoms with E-state index in [2.05, 4.69) is 32.1 Å². The average molecular weight is 600 g/mol. The number of anilines is 2. The van der Waals surface area contributed by atoms with Crippen LogP contribution in [-0.4, -0.2) is 56.3 Å². The summed E-state index contributed by atoms with van der Waals surface area (Å²) in [6.45, 7) is 3.14. The molecular formula is C33H37N5O4S. The molecule has 9 nitrogen and oxygen atoms in total. The van der Waals surface area contributed by atoms with Gasteiger partial charge in [-0.2, -0.15) is 0 Å². The van der Waals surface area contributed by atoms with Crippen molar-refractivity contribution in [3.8, 4) is 11.6 Å². The second kappa shape index (κ2) is 14.2. The van der Waals surface area contributed by atoms with Crippen LogP contribution >= 0.6 is 0 Å². The molecule has 0 atom stereocenters. The van der Waals surface area contributed by atoms with Crippen molar-refractivity contribution in [2.24, 2.45) is 0 Å². The predicted molar refractivity (Wildman–Crippen MR) is 170 cm³/mol. The van der Waals surface area contributed by atoms with E-state index in [0.29, 0.717) is 23.9 Å². The van der Waals surface area contributed by atoms with Crippen LogP contribution in [0.4, 0.5) is 16.2 Å². The smallest absolute Gasteiger partial charge is 0.322 e. The minimum Gasteiger partial charge on any atom is -0.439 e. The van der Waals surface area contributed by atoms with Gasteiger partial charge in [0.25, 0.3) is 0 Å². The lowest BCUT2D eigenvalue weighted by Gasteiger charge is -2.34. The van der Waals surface area contributed by atoms with Gasteiger partial charge in [0.1, 0.15) is 5.75 Å². The molecule has 0 bridgehead atoms. The predicted octanol–water partition coefficient (Wildman–Crippen LogP) is 5.67. The van der Waals surface area contributed by atoms with Crippen LogP contribution < -0.4 is 19.7 Å². The number of carbonyl (C=O) groups excluding carboxylic acids is 1. The molecule has 1 saturated heterocycles. The van der Waals surface area contributed by atoms with Gasteiger partial charge in [-0.25, -0.2) is 18.2 Å². The summed E-state index contributed by atoms with van der Waals surface area (Å²) in [7, 11) is -3.33. The zero-order valence-electron chi connectivity index (χ0n) is 24.2. The summed E-state index contributed by atoms with van der Waals surface area (Å²) in [6.07, 6.45) is 5.47. The summed E-state index contributed by atoms with van der Waals surface area (Å²) in [5.74, 6) is 1.03. The topological polar surface area (TPSA) is 104 Å². The molecule has 2 N–H and O–H groups in total. The number of amides is 2. The molecule has 2 amide bonds. The second-order valence-corrected chi connectivity index (χ2v) is 12.5. The highest BCUT2D eigenvalue weighted by molar-refractivity contribution is 7.92. The fourth-order valence-electron chi connectivity index (χ4n) is 5.08. The lowest BCUT2D eigenvalue weighted by Crippen LogP contribution is -2.49. The van der Waals surface area contributed by atoms with Gasteiger partial charge >= 0.3 is 6.03 Å². The van der Waals surface area contributed by atoms with Crippen molar-refractivity contribution >= 4 is 27.4 Å². The van der Waals surface area contributed by atoms with Crippen LogP contribution in [0, 0.1) is 0 Å². The largest absolute Gasteiger partial charge is 0.439 e. The van der Waals surface area contributed by atoms with Gasteiger partial charge in [0.05, 0.1) is 6.26 Å². The first-order chi connectivity index (χ1) is 20.8. The Morgan fingerprint density at radius 1 is 0.907 bits per heavy atom. The minimum atomic E-state index is -3.33. The molecule has 0 spiro atoms. The van der Waals surface area contributed by atoms with Crippen LogP contribution in [0.15, 0.2) is 103 Å². The molecule has 224 valence electrons. The van der Waals surface area contributed by atoms with Gasteiger partial charge in [-0.1, -0.05) is 54.6 Å². The highest BCUT2D eigenvalue weighted by atomic mass is 32.2. The monoisotopic (exact) mass is 599 g/mol. The van der Waals surface area contributed by atoms with E-state index >= 15 is 0 Å². The number of hydrogen-bond donors (Lipinski definition) is 2. The van der Waals surface area contributed by atoms with Crippen LogP contribution in [0.25, 0.3) is 0 Å². The molecular weight excluding hydrogens is 562 g/mol. The number of likely N-dealkylation sites (tertiary alicyclic amines) is 1. The van der Waals surface area contributed by atoms with Gasteiger partial charge in [-0.3, -0.25) is 14.5 Å². The maximum Gasteiger partial charge on any atom is 0.322 e. The molecule has 43 heavy (non-hydrogen) atoms. The zero-order valence-corrected chi connectivity index (χ0v) is 25.0. The Morgan fingerprint density at radius 3 is 2.21 bits per heavy atom. The average Bonchev–Trinajstić information content (AvgIpc) is 3.01. The molecule has 10 heteroatoms. The van der Waals surface area contributed by atoms with Crippen molar-refractivity contribution in [1.29, 1.82) is 0 Å². The van der Waals surface area contributed by atoms with Crippen LogP contribution in [0.5, 0.6) is 11.6 Å². The third-order valence-corrected chi connectivity index (χ3v) is 7.89. The third-order valence-electron chi connectivity index (χ3n) is 7.28. The quantitative estimate of drug-likeness (QED) is 0.230. The fourth-order valence-corrected chi connectivity index (χ4v) is 5.64. The number of pyridine rings is 1. The number of aromatic nitrogens is 1. The molecule has 3 aromatic carbocycles. The van der Waals surface area contributed by atoms with Crippen LogP contribution in [0.1, 0.15) is 24.0 Å². The summed E-state index contributed by atoms with van der Waals surface area (Å²) >= 11 is 0. The van der Waals surface area contributed by atoms with E-state index in [1.54, 1.807) is 24.3 Å². The molecule has 0 aliphatic carbocycles. The maximum absolute atomic E-state index is 13.4. The van der Waals surface area contributed by atoms with E-state index in [4.69, 9.17) is 4.74 Å². The Balaban J connectivity index is 1.09. The van der Waals surface area contributed by atoms with Crippen LogP contribution in [0.2, 0.25) is 0 Å². The Morgan fingerprint density at radius 2 is 1.58 bits per heavy atom. The Bertz CT molecular complexity index is 1560. The van der Waals surface area contributed by atoms with Crippen molar-refractivity contribution in [3.63, 3.8) is 0 Å². The number of para-hydroxylation sites is 1. The summed E-state index contributed by atoms with van der Waals surface area (Å²) in [5, 5.41) is 3.28. The number of nitrogens with zero attached hydrogens (tertiary/aromatic N) is 3. The van der Waals surface area contributed by atoms with E-state index in [0.717, 1.165) is 56.4 Å². The maximum atomic E-state index is 13.4. The summed E-state index contributed by atoms with van der Waals surface area (Å²) < 4.78 is 31.0. The molecule has 0 saturated carbocycles. The van der Waals surface area contributed by atoms with Crippen molar-refractivity contribution in [3.05, 3.63) is 114 Å². The number of urea groups is 1. The number of carbonyl (C=O) groups is 1. The number of nitrogens with one attached hydrogen (secondary N) is 2. The van der Waals surface area contributed by atoms with Gasteiger partial charge in [0, 0.05) is 55.9 Å². The summed E-state index contributed by atoms with van der Waals surface area (Å²) in [6, 6.07) is 30.6. The highest BCUT2D eigenvalue weighted by Crippen LogP contribution is 2.23. The molecule has 0 unspecified atom stereocenters. The molecule has 1 aliphatic rings. The number of sulfonamides is 1. The molecule has 5 rings (SSSR count). The molecule has 1 fully saturated rings. The van der Waals surface area contributed by atoms with E-state index in [-0.39, 0.29) is 12.1 Å². The minimum absolute atomic E-state index is 0.0540. The van der Waals surface area contributed by atoms with Gasteiger partial charge in [0.15, 0.2) is 0 Å². The van der Waals surface area contributed by atoms with Crippen molar-refractivity contribution in [2.75, 3.05) is 35.5 Å². The van der Waals surface area contributed by atoms with E-state index in [1.807, 2.05) is 71.8 Å². The van der Waals surface area contributed by atoms with Gasteiger partial charge in [0.2, 0.25) is 15.9 Å². The van der Waals surface area contributed by atoms with Crippen molar-refractivity contribution in [1.82, 2.24) is 15.2 Å². The van der Waals surface area contributed by atoms with Gasteiger partial charge < -0.3 is 10.1 Å². The number of benzene rings is 3. The Hall–Kier alpha value is -4.41. The molecule has 1 aromatic heterocycles.